The monoisotopic (exact) mass is 651 g/mol. The highest BCUT2D eigenvalue weighted by Gasteiger charge is 2.24. The van der Waals surface area contributed by atoms with Crippen LogP contribution in [-0.2, 0) is 0 Å². The van der Waals surface area contributed by atoms with E-state index in [1.54, 1.807) is 0 Å². The largest absolute Gasteiger partial charge is 0.455 e. The van der Waals surface area contributed by atoms with E-state index in [0.717, 1.165) is 71.7 Å². The summed E-state index contributed by atoms with van der Waals surface area (Å²) in [7, 11) is 0. The van der Waals surface area contributed by atoms with Crippen molar-refractivity contribution in [2.75, 3.05) is 4.90 Å². The standard InChI is InChI=1S/C48H29NO2/c1-4-14-35-30(11-1)25-28-40-46-42(19-10-22-45(46)51-47(35)40)49(43-20-9-18-39-38-17-7-8-21-44(38)50-48(39)43)33-26-23-31(24-27-33)41-29-32-12-2-3-13-34(32)36-15-5-6-16-37(36)41/h1-29H. The molecule has 0 bridgehead atoms. The van der Waals surface area contributed by atoms with Gasteiger partial charge >= 0.3 is 0 Å². The molecule has 0 saturated heterocycles. The lowest BCUT2D eigenvalue weighted by Gasteiger charge is -2.26. The fraction of sp³-hybridized carbons (Fsp3) is 0. The Morgan fingerprint density at radius 3 is 1.84 bits per heavy atom. The lowest BCUT2D eigenvalue weighted by molar-refractivity contribution is 0.669. The highest BCUT2D eigenvalue weighted by molar-refractivity contribution is 6.21. The molecule has 0 aliphatic rings. The summed E-state index contributed by atoms with van der Waals surface area (Å²) < 4.78 is 13.3. The van der Waals surface area contributed by atoms with Crippen molar-refractivity contribution in [2.24, 2.45) is 0 Å². The maximum absolute atomic E-state index is 6.67. The van der Waals surface area contributed by atoms with Crippen LogP contribution >= 0.6 is 0 Å². The predicted octanol–water partition coefficient (Wildman–Crippen LogP) is 14.1. The van der Waals surface area contributed by atoms with Gasteiger partial charge in [-0.3, -0.25) is 0 Å². The normalized spacial score (nSPS) is 11.9. The van der Waals surface area contributed by atoms with E-state index in [-0.39, 0.29) is 0 Å². The fourth-order valence-corrected chi connectivity index (χ4v) is 8.12. The maximum Gasteiger partial charge on any atom is 0.159 e. The molecule has 11 rings (SSSR count). The van der Waals surface area contributed by atoms with Gasteiger partial charge < -0.3 is 13.7 Å². The van der Waals surface area contributed by atoms with Gasteiger partial charge in [0.25, 0.3) is 0 Å². The van der Waals surface area contributed by atoms with Crippen LogP contribution in [0.2, 0.25) is 0 Å². The van der Waals surface area contributed by atoms with E-state index >= 15 is 0 Å². The van der Waals surface area contributed by atoms with Crippen LogP contribution in [0, 0.1) is 0 Å². The zero-order chi connectivity index (χ0) is 33.5. The third-order valence-electron chi connectivity index (χ3n) is 10.4. The molecule has 0 aliphatic carbocycles. The zero-order valence-corrected chi connectivity index (χ0v) is 27.5. The summed E-state index contributed by atoms with van der Waals surface area (Å²) in [6, 6.07) is 62.5. The third kappa shape index (κ3) is 4.19. The quantitative estimate of drug-likeness (QED) is 0.177. The number of benzene rings is 9. The summed E-state index contributed by atoms with van der Waals surface area (Å²) in [4.78, 5) is 2.33. The second-order valence-electron chi connectivity index (χ2n) is 13.2. The van der Waals surface area contributed by atoms with Crippen LogP contribution < -0.4 is 4.90 Å². The van der Waals surface area contributed by atoms with Gasteiger partial charge in [0.2, 0.25) is 0 Å². The molecule has 0 unspecified atom stereocenters. The molecule has 3 nitrogen and oxygen atoms in total. The highest BCUT2D eigenvalue weighted by Crippen LogP contribution is 2.47. The summed E-state index contributed by atoms with van der Waals surface area (Å²) in [5, 5.41) is 11.6. The number of nitrogens with zero attached hydrogens (tertiary/aromatic N) is 1. The number of hydrogen-bond acceptors (Lipinski definition) is 3. The van der Waals surface area contributed by atoms with Crippen LogP contribution in [0.5, 0.6) is 0 Å². The van der Waals surface area contributed by atoms with Crippen molar-refractivity contribution in [3.8, 4) is 11.1 Å². The topological polar surface area (TPSA) is 29.5 Å². The molecule has 9 aromatic carbocycles. The predicted molar refractivity (Wildman–Crippen MR) is 214 cm³/mol. The Bertz CT molecular complexity index is 3150. The Kier molecular flexibility index (Phi) is 5.96. The highest BCUT2D eigenvalue weighted by atomic mass is 16.3. The van der Waals surface area contributed by atoms with Crippen LogP contribution in [0.4, 0.5) is 17.1 Å². The van der Waals surface area contributed by atoms with Crippen LogP contribution in [0.15, 0.2) is 185 Å². The smallest absolute Gasteiger partial charge is 0.159 e. The number of anilines is 3. The second-order valence-corrected chi connectivity index (χ2v) is 13.2. The molecule has 0 atom stereocenters. The van der Waals surface area contributed by atoms with Crippen LogP contribution in [-0.4, -0.2) is 0 Å². The molecule has 0 radical (unpaired) electrons. The Morgan fingerprint density at radius 1 is 0.353 bits per heavy atom. The van der Waals surface area contributed by atoms with Gasteiger partial charge in [-0.05, 0) is 86.6 Å². The van der Waals surface area contributed by atoms with Gasteiger partial charge in [0, 0.05) is 27.2 Å². The summed E-state index contributed by atoms with van der Waals surface area (Å²) in [6.07, 6.45) is 0. The summed E-state index contributed by atoms with van der Waals surface area (Å²) in [6.45, 7) is 0. The van der Waals surface area contributed by atoms with Gasteiger partial charge in [0.15, 0.2) is 5.58 Å². The molecule has 51 heavy (non-hydrogen) atoms. The van der Waals surface area contributed by atoms with Crippen molar-refractivity contribution in [3.05, 3.63) is 176 Å². The van der Waals surface area contributed by atoms with E-state index in [2.05, 4.69) is 169 Å². The summed E-state index contributed by atoms with van der Waals surface area (Å²) in [5.74, 6) is 0. The Balaban J connectivity index is 1.17. The minimum absolute atomic E-state index is 0.846. The number of rotatable bonds is 4. The van der Waals surface area contributed by atoms with E-state index in [4.69, 9.17) is 8.83 Å². The zero-order valence-electron chi connectivity index (χ0n) is 27.5. The van der Waals surface area contributed by atoms with Crippen molar-refractivity contribution in [3.63, 3.8) is 0 Å². The van der Waals surface area contributed by atoms with E-state index in [1.165, 1.54) is 32.7 Å². The molecule has 238 valence electrons. The molecule has 0 spiro atoms. The Hall–Kier alpha value is -6.84. The molecule has 0 saturated carbocycles. The van der Waals surface area contributed by atoms with Crippen molar-refractivity contribution < 1.29 is 8.83 Å². The third-order valence-corrected chi connectivity index (χ3v) is 10.4. The van der Waals surface area contributed by atoms with E-state index in [9.17, 15) is 0 Å². The van der Waals surface area contributed by atoms with Gasteiger partial charge in [0.1, 0.15) is 16.7 Å². The van der Waals surface area contributed by atoms with Crippen molar-refractivity contribution in [2.45, 2.75) is 0 Å². The lowest BCUT2D eigenvalue weighted by atomic mass is 9.93. The van der Waals surface area contributed by atoms with Gasteiger partial charge in [-0.15, -0.1) is 0 Å². The number of hydrogen-bond donors (Lipinski definition) is 0. The first-order chi connectivity index (χ1) is 25.3. The lowest BCUT2D eigenvalue weighted by Crippen LogP contribution is -2.10. The molecule has 0 amide bonds. The number of fused-ring (bicyclic) bond motifs is 11. The van der Waals surface area contributed by atoms with Crippen molar-refractivity contribution in [1.82, 2.24) is 0 Å². The van der Waals surface area contributed by atoms with E-state index in [1.807, 2.05) is 12.1 Å². The first-order valence-electron chi connectivity index (χ1n) is 17.3. The van der Waals surface area contributed by atoms with Gasteiger partial charge in [-0.25, -0.2) is 0 Å². The van der Waals surface area contributed by atoms with Gasteiger partial charge in [0.05, 0.1) is 16.8 Å². The van der Waals surface area contributed by atoms with Crippen molar-refractivity contribution >= 4 is 93.3 Å². The summed E-state index contributed by atoms with van der Waals surface area (Å²) in [5.41, 5.74) is 8.87. The number of furan rings is 2. The Morgan fingerprint density at radius 2 is 0.980 bits per heavy atom. The molecular formula is C48H29NO2. The van der Waals surface area contributed by atoms with Gasteiger partial charge in [-0.1, -0.05) is 127 Å². The van der Waals surface area contributed by atoms with Crippen LogP contribution in [0.3, 0.4) is 0 Å². The molecule has 2 heterocycles. The van der Waals surface area contributed by atoms with Crippen molar-refractivity contribution in [1.29, 1.82) is 0 Å². The molecule has 2 aromatic heterocycles. The fourth-order valence-electron chi connectivity index (χ4n) is 8.12. The van der Waals surface area contributed by atoms with Crippen LogP contribution in [0.25, 0.3) is 87.3 Å². The molecule has 0 fully saturated rings. The summed E-state index contributed by atoms with van der Waals surface area (Å²) >= 11 is 0. The second kappa shape index (κ2) is 10.8. The minimum Gasteiger partial charge on any atom is -0.455 e. The van der Waals surface area contributed by atoms with E-state index < -0.39 is 0 Å². The molecule has 11 aromatic rings. The number of para-hydroxylation sites is 2. The van der Waals surface area contributed by atoms with E-state index in [0.29, 0.717) is 0 Å². The molecule has 3 heteroatoms. The van der Waals surface area contributed by atoms with Crippen LogP contribution in [0.1, 0.15) is 0 Å². The first-order valence-corrected chi connectivity index (χ1v) is 17.3. The molecule has 0 N–H and O–H groups in total. The molecule has 0 aliphatic heterocycles. The first kappa shape index (κ1) is 28.0. The Labute approximate surface area is 293 Å². The minimum atomic E-state index is 0.846. The van der Waals surface area contributed by atoms with Gasteiger partial charge in [-0.2, -0.15) is 0 Å². The average Bonchev–Trinajstić information content (AvgIpc) is 3.78. The maximum atomic E-state index is 6.67. The average molecular weight is 652 g/mol. The molecular weight excluding hydrogens is 623 g/mol. The SMILES string of the molecule is c1ccc2c(c1)cc(-c1ccc(N(c3cccc4c3oc3ccccc34)c3cccc4oc5c6ccccc6ccc5c34)cc1)c1ccccc12.